The van der Waals surface area contributed by atoms with Crippen molar-refractivity contribution in [2.45, 2.75) is 19.4 Å². The minimum absolute atomic E-state index is 0.201. The highest BCUT2D eigenvalue weighted by Crippen LogP contribution is 2.33. The normalized spacial score (nSPS) is 14.4. The second-order valence-electron chi connectivity index (χ2n) is 4.21. The van der Waals surface area contributed by atoms with E-state index in [-0.39, 0.29) is 6.04 Å². The fourth-order valence-corrected chi connectivity index (χ4v) is 2.30. The number of hydrogen-bond acceptors (Lipinski definition) is 3. The molecule has 0 fully saturated rings. The molecule has 3 nitrogen and oxygen atoms in total. The molecule has 2 unspecified atom stereocenters. The smallest absolute Gasteiger partial charge is 0.123 e. The van der Waals surface area contributed by atoms with Gasteiger partial charge in [0.25, 0.3) is 0 Å². The highest BCUT2D eigenvalue weighted by molar-refractivity contribution is 6.30. The molecule has 1 rings (SSSR count). The van der Waals surface area contributed by atoms with Gasteiger partial charge in [-0.05, 0) is 44.1 Å². The number of ether oxygens (including phenoxy) is 1. The minimum atomic E-state index is 0.201. The average Bonchev–Trinajstić information content (AvgIpc) is 2.31. The first-order valence-electron chi connectivity index (χ1n) is 5.84. The molecule has 0 radical (unpaired) electrons. The molecular weight excluding hydrogens is 236 g/mol. The SMILES string of the molecule is CNC(c1cc(Cl)ccc1OC)C(C)CCN. The number of nitrogens with two attached hydrogens (primary N) is 1. The summed E-state index contributed by atoms with van der Waals surface area (Å²) < 4.78 is 5.38. The highest BCUT2D eigenvalue weighted by atomic mass is 35.5. The number of hydrogen-bond donors (Lipinski definition) is 2. The Morgan fingerprint density at radius 2 is 2.18 bits per heavy atom. The number of halogens is 1. The van der Waals surface area contributed by atoms with Gasteiger partial charge in [0.1, 0.15) is 5.75 Å². The van der Waals surface area contributed by atoms with Crippen LogP contribution in [0.4, 0.5) is 0 Å². The molecule has 4 heteroatoms. The summed E-state index contributed by atoms with van der Waals surface area (Å²) in [4.78, 5) is 0. The van der Waals surface area contributed by atoms with E-state index < -0.39 is 0 Å². The molecule has 0 aliphatic carbocycles. The van der Waals surface area contributed by atoms with E-state index in [9.17, 15) is 0 Å². The quantitative estimate of drug-likeness (QED) is 0.823. The lowest BCUT2D eigenvalue weighted by molar-refractivity contribution is 0.361. The van der Waals surface area contributed by atoms with E-state index in [0.717, 1.165) is 22.8 Å². The lowest BCUT2D eigenvalue weighted by Crippen LogP contribution is -2.25. The van der Waals surface area contributed by atoms with Crippen molar-refractivity contribution < 1.29 is 4.74 Å². The summed E-state index contributed by atoms with van der Waals surface area (Å²) in [6.07, 6.45) is 0.959. The Kier molecular flexibility index (Phi) is 5.75. The van der Waals surface area contributed by atoms with Gasteiger partial charge in [-0.3, -0.25) is 0 Å². The summed E-state index contributed by atoms with van der Waals surface area (Å²) in [6, 6.07) is 5.89. The van der Waals surface area contributed by atoms with Crippen LogP contribution in [-0.4, -0.2) is 20.7 Å². The maximum absolute atomic E-state index is 6.05. The van der Waals surface area contributed by atoms with Gasteiger partial charge < -0.3 is 15.8 Å². The Morgan fingerprint density at radius 1 is 1.47 bits per heavy atom. The zero-order valence-electron chi connectivity index (χ0n) is 10.7. The van der Waals surface area contributed by atoms with Crippen molar-refractivity contribution in [3.8, 4) is 5.75 Å². The molecule has 1 aromatic carbocycles. The summed E-state index contributed by atoms with van der Waals surface area (Å²) in [5, 5.41) is 4.03. The van der Waals surface area contributed by atoms with Crippen molar-refractivity contribution >= 4 is 11.6 Å². The fraction of sp³-hybridized carbons (Fsp3) is 0.538. The number of rotatable bonds is 6. The van der Waals surface area contributed by atoms with E-state index >= 15 is 0 Å². The van der Waals surface area contributed by atoms with Gasteiger partial charge in [0, 0.05) is 16.6 Å². The maximum atomic E-state index is 6.05. The Balaban J connectivity index is 3.05. The molecule has 2 atom stereocenters. The summed E-state index contributed by atoms with van der Waals surface area (Å²) in [6.45, 7) is 2.86. The van der Waals surface area contributed by atoms with Gasteiger partial charge in [-0.1, -0.05) is 18.5 Å². The van der Waals surface area contributed by atoms with E-state index in [2.05, 4.69) is 12.2 Å². The van der Waals surface area contributed by atoms with Gasteiger partial charge >= 0.3 is 0 Å². The zero-order chi connectivity index (χ0) is 12.8. The zero-order valence-corrected chi connectivity index (χ0v) is 11.4. The molecule has 1 aromatic rings. The van der Waals surface area contributed by atoms with Crippen LogP contribution in [-0.2, 0) is 0 Å². The monoisotopic (exact) mass is 256 g/mol. The summed E-state index contributed by atoms with van der Waals surface area (Å²) in [5.41, 5.74) is 6.70. The highest BCUT2D eigenvalue weighted by Gasteiger charge is 2.20. The Morgan fingerprint density at radius 3 is 2.71 bits per heavy atom. The molecule has 3 N–H and O–H groups in total. The van der Waals surface area contributed by atoms with Gasteiger partial charge in [-0.2, -0.15) is 0 Å². The molecule has 0 heterocycles. The van der Waals surface area contributed by atoms with Gasteiger partial charge in [-0.15, -0.1) is 0 Å². The van der Waals surface area contributed by atoms with Crippen molar-refractivity contribution in [3.63, 3.8) is 0 Å². The molecule has 96 valence electrons. The van der Waals surface area contributed by atoms with Crippen molar-refractivity contribution in [1.29, 1.82) is 0 Å². The third-order valence-corrected chi connectivity index (χ3v) is 3.26. The van der Waals surface area contributed by atoms with Crippen LogP contribution < -0.4 is 15.8 Å². The summed E-state index contributed by atoms with van der Waals surface area (Å²) in [7, 11) is 3.62. The van der Waals surface area contributed by atoms with E-state index in [1.807, 2.05) is 25.2 Å². The van der Waals surface area contributed by atoms with Crippen LogP contribution in [0.25, 0.3) is 0 Å². The molecule has 0 aliphatic rings. The van der Waals surface area contributed by atoms with Gasteiger partial charge in [-0.25, -0.2) is 0 Å². The first kappa shape index (κ1) is 14.3. The molecule has 0 aliphatic heterocycles. The molecule has 0 bridgehead atoms. The standard InChI is InChI=1S/C13H21ClN2O/c1-9(6-7-15)13(16-2)11-8-10(14)4-5-12(11)17-3/h4-5,8-9,13,16H,6-7,15H2,1-3H3. The average molecular weight is 257 g/mol. The fourth-order valence-electron chi connectivity index (χ4n) is 2.12. The number of methoxy groups -OCH3 is 1. The first-order valence-corrected chi connectivity index (χ1v) is 6.22. The van der Waals surface area contributed by atoms with Crippen LogP contribution in [0.3, 0.4) is 0 Å². The second-order valence-corrected chi connectivity index (χ2v) is 4.64. The number of benzene rings is 1. The molecule has 0 amide bonds. The Labute approximate surface area is 108 Å². The molecule has 0 spiro atoms. The van der Waals surface area contributed by atoms with Crippen LogP contribution in [0, 0.1) is 5.92 Å². The van der Waals surface area contributed by atoms with E-state index in [0.29, 0.717) is 12.5 Å². The third kappa shape index (κ3) is 3.60. The number of nitrogens with one attached hydrogen (secondary N) is 1. The first-order chi connectivity index (χ1) is 8.13. The van der Waals surface area contributed by atoms with Crippen LogP contribution in [0.2, 0.25) is 5.02 Å². The van der Waals surface area contributed by atoms with Gasteiger partial charge in [0.2, 0.25) is 0 Å². The minimum Gasteiger partial charge on any atom is -0.496 e. The predicted octanol–water partition coefficient (Wildman–Crippen LogP) is 2.59. The van der Waals surface area contributed by atoms with Gasteiger partial charge in [0.05, 0.1) is 7.11 Å². The van der Waals surface area contributed by atoms with Crippen molar-refractivity contribution in [3.05, 3.63) is 28.8 Å². The largest absolute Gasteiger partial charge is 0.496 e. The Bertz CT molecular complexity index is 357. The molecule has 0 saturated heterocycles. The van der Waals surface area contributed by atoms with Crippen LogP contribution in [0.15, 0.2) is 18.2 Å². The summed E-state index contributed by atoms with van der Waals surface area (Å²) in [5.74, 6) is 1.29. The topological polar surface area (TPSA) is 47.3 Å². The second kappa shape index (κ2) is 6.84. The van der Waals surface area contributed by atoms with Gasteiger partial charge in [0.15, 0.2) is 0 Å². The van der Waals surface area contributed by atoms with Crippen molar-refractivity contribution in [1.82, 2.24) is 5.32 Å². The molecule has 17 heavy (non-hydrogen) atoms. The predicted molar refractivity (Wildman–Crippen MR) is 72.6 cm³/mol. The lowest BCUT2D eigenvalue weighted by atomic mass is 9.91. The maximum Gasteiger partial charge on any atom is 0.123 e. The molecule has 0 saturated carbocycles. The lowest BCUT2D eigenvalue weighted by Gasteiger charge is -2.25. The molecule has 0 aromatic heterocycles. The van der Waals surface area contributed by atoms with Crippen LogP contribution >= 0.6 is 11.6 Å². The molecular formula is C13H21ClN2O. The Hall–Kier alpha value is -0.770. The van der Waals surface area contributed by atoms with Crippen molar-refractivity contribution in [2.24, 2.45) is 11.7 Å². The van der Waals surface area contributed by atoms with E-state index in [1.54, 1.807) is 7.11 Å². The van der Waals surface area contributed by atoms with Crippen molar-refractivity contribution in [2.75, 3.05) is 20.7 Å². The van der Waals surface area contributed by atoms with Crippen LogP contribution in [0.5, 0.6) is 5.75 Å². The third-order valence-electron chi connectivity index (χ3n) is 3.03. The van der Waals surface area contributed by atoms with E-state index in [1.165, 1.54) is 0 Å². The van der Waals surface area contributed by atoms with E-state index in [4.69, 9.17) is 22.1 Å². The summed E-state index contributed by atoms with van der Waals surface area (Å²) >= 11 is 6.05. The van der Waals surface area contributed by atoms with Crippen LogP contribution in [0.1, 0.15) is 24.9 Å².